The predicted octanol–water partition coefficient (Wildman–Crippen LogP) is 3.03. The zero-order valence-electron chi connectivity index (χ0n) is 18.0. The molecular formula is C22H27F3N4O3. The van der Waals surface area contributed by atoms with Gasteiger partial charge in [-0.3, -0.25) is 14.4 Å². The van der Waals surface area contributed by atoms with Crippen molar-refractivity contribution in [2.24, 2.45) is 7.05 Å². The number of rotatable bonds is 3. The third-order valence-corrected chi connectivity index (χ3v) is 6.32. The molecule has 2 aromatic rings. The van der Waals surface area contributed by atoms with Crippen molar-refractivity contribution in [3.63, 3.8) is 0 Å². The van der Waals surface area contributed by atoms with Gasteiger partial charge in [-0.05, 0) is 24.8 Å². The lowest BCUT2D eigenvalue weighted by Crippen LogP contribution is -2.51. The van der Waals surface area contributed by atoms with Gasteiger partial charge < -0.3 is 10.0 Å². The van der Waals surface area contributed by atoms with Crippen molar-refractivity contribution in [1.29, 1.82) is 0 Å². The number of aliphatic carboxylic acids is 1. The third kappa shape index (κ3) is 5.29. The molecule has 1 unspecified atom stereocenters. The Balaban J connectivity index is 0.000000360. The number of halogens is 3. The Kier molecular flexibility index (Phi) is 6.92. The largest absolute Gasteiger partial charge is 0.490 e. The maximum absolute atomic E-state index is 12.9. The molecular weight excluding hydrogens is 425 g/mol. The highest BCUT2D eigenvalue weighted by Crippen LogP contribution is 2.44. The lowest BCUT2D eigenvalue weighted by atomic mass is 9.81. The average molecular weight is 452 g/mol. The second kappa shape index (κ2) is 9.32. The number of piperidine rings is 1. The molecule has 0 saturated carbocycles. The maximum atomic E-state index is 12.9. The average Bonchev–Trinajstić information content (AvgIpc) is 3.26. The summed E-state index contributed by atoms with van der Waals surface area (Å²) in [6.45, 7) is 3.02. The van der Waals surface area contributed by atoms with Crippen LogP contribution in [0.15, 0.2) is 42.7 Å². The van der Waals surface area contributed by atoms with Gasteiger partial charge in [0.2, 0.25) is 5.91 Å². The van der Waals surface area contributed by atoms with Crippen LogP contribution in [-0.2, 0) is 23.2 Å². The zero-order chi connectivity index (χ0) is 23.5. The number of nitrogens with zero attached hydrogens (tertiary/aromatic N) is 4. The van der Waals surface area contributed by atoms with E-state index in [2.05, 4.69) is 28.3 Å². The zero-order valence-corrected chi connectivity index (χ0v) is 18.0. The first-order valence-corrected chi connectivity index (χ1v) is 10.3. The molecule has 0 radical (unpaired) electrons. The number of benzene rings is 1. The van der Waals surface area contributed by atoms with Gasteiger partial charge in [0.25, 0.3) is 0 Å². The molecule has 1 spiro atoms. The monoisotopic (exact) mass is 452 g/mol. The van der Waals surface area contributed by atoms with Crippen LogP contribution < -0.4 is 0 Å². The van der Waals surface area contributed by atoms with E-state index >= 15 is 0 Å². The fourth-order valence-electron chi connectivity index (χ4n) is 4.50. The lowest BCUT2D eigenvalue weighted by molar-refractivity contribution is -0.192. The highest BCUT2D eigenvalue weighted by atomic mass is 19.4. The van der Waals surface area contributed by atoms with Crippen LogP contribution >= 0.6 is 0 Å². The van der Waals surface area contributed by atoms with Crippen molar-refractivity contribution in [1.82, 2.24) is 19.6 Å². The summed E-state index contributed by atoms with van der Waals surface area (Å²) in [7, 11) is 3.96. The number of likely N-dealkylation sites (N-methyl/N-ethyl adjacent to an activating group) is 1. The van der Waals surface area contributed by atoms with Gasteiger partial charge in [0.1, 0.15) is 0 Å². The standard InChI is InChI=1S/C20H26N4O.C2HF3O2/c1-22-14-16(13-21-22)15-24-10-8-20(9-11-24)12-18(19(25)23(20)2)17-6-4-3-5-7-17;3-2(4,5)1(6)7/h3-7,13-14,18H,8-12,15H2,1-2H3;(H,6,7). The smallest absolute Gasteiger partial charge is 0.475 e. The summed E-state index contributed by atoms with van der Waals surface area (Å²) < 4.78 is 33.6. The normalized spacial score (nSPS) is 20.8. The van der Waals surface area contributed by atoms with Gasteiger partial charge >= 0.3 is 12.1 Å². The number of carbonyl (C=O) groups is 2. The quantitative estimate of drug-likeness (QED) is 0.775. The number of hydrogen-bond donors (Lipinski definition) is 1. The molecule has 1 N–H and O–H groups in total. The molecule has 0 bridgehead atoms. The molecule has 1 atom stereocenters. The highest BCUT2D eigenvalue weighted by molar-refractivity contribution is 5.87. The van der Waals surface area contributed by atoms with Gasteiger partial charge in [0.15, 0.2) is 0 Å². The summed E-state index contributed by atoms with van der Waals surface area (Å²) in [4.78, 5) is 26.3. The highest BCUT2D eigenvalue weighted by Gasteiger charge is 2.50. The van der Waals surface area contributed by atoms with E-state index < -0.39 is 12.1 Å². The summed E-state index contributed by atoms with van der Waals surface area (Å²) in [6.07, 6.45) is 2.01. The third-order valence-electron chi connectivity index (χ3n) is 6.32. The minimum absolute atomic E-state index is 0.0241. The Labute approximate surface area is 184 Å². The van der Waals surface area contributed by atoms with Crippen LogP contribution in [0.3, 0.4) is 0 Å². The second-order valence-electron chi connectivity index (χ2n) is 8.39. The fraction of sp³-hybridized carbons (Fsp3) is 0.500. The molecule has 2 saturated heterocycles. The van der Waals surface area contributed by atoms with Gasteiger partial charge in [-0.2, -0.15) is 18.3 Å². The van der Waals surface area contributed by atoms with Crippen LogP contribution in [0.2, 0.25) is 0 Å². The van der Waals surface area contributed by atoms with Gasteiger partial charge in [0.05, 0.1) is 12.1 Å². The number of aromatic nitrogens is 2. The Morgan fingerprint density at radius 3 is 2.28 bits per heavy atom. The summed E-state index contributed by atoms with van der Waals surface area (Å²) in [6, 6.07) is 10.3. The molecule has 1 aromatic carbocycles. The van der Waals surface area contributed by atoms with Crippen molar-refractivity contribution in [2.45, 2.75) is 43.4 Å². The molecule has 1 amide bonds. The van der Waals surface area contributed by atoms with E-state index in [0.29, 0.717) is 0 Å². The van der Waals surface area contributed by atoms with Crippen LogP contribution in [0, 0.1) is 0 Å². The number of alkyl halides is 3. The Hall–Kier alpha value is -2.88. The lowest BCUT2D eigenvalue weighted by Gasteiger charge is -2.43. The van der Waals surface area contributed by atoms with Crippen molar-refractivity contribution in [3.05, 3.63) is 53.9 Å². The molecule has 0 aliphatic carbocycles. The van der Waals surface area contributed by atoms with E-state index in [-0.39, 0.29) is 17.4 Å². The van der Waals surface area contributed by atoms with Crippen LogP contribution in [0.4, 0.5) is 13.2 Å². The van der Waals surface area contributed by atoms with Crippen LogP contribution in [0.5, 0.6) is 0 Å². The van der Waals surface area contributed by atoms with E-state index in [0.717, 1.165) is 44.5 Å². The first kappa shape index (κ1) is 23.8. The van der Waals surface area contributed by atoms with Gasteiger partial charge in [-0.25, -0.2) is 4.79 Å². The second-order valence-corrected chi connectivity index (χ2v) is 8.39. The molecule has 32 heavy (non-hydrogen) atoms. The van der Waals surface area contributed by atoms with E-state index in [1.54, 1.807) is 0 Å². The molecule has 2 aliphatic rings. The Morgan fingerprint density at radius 1 is 1.19 bits per heavy atom. The van der Waals surface area contributed by atoms with Crippen molar-refractivity contribution in [3.8, 4) is 0 Å². The first-order chi connectivity index (χ1) is 15.0. The van der Waals surface area contributed by atoms with E-state index in [9.17, 15) is 18.0 Å². The van der Waals surface area contributed by atoms with E-state index in [4.69, 9.17) is 9.90 Å². The minimum atomic E-state index is -5.08. The number of aryl methyl sites for hydroxylation is 1. The Bertz CT molecular complexity index is 937. The van der Waals surface area contributed by atoms with Crippen molar-refractivity contribution in [2.75, 3.05) is 20.1 Å². The fourth-order valence-corrected chi connectivity index (χ4v) is 4.50. The molecule has 4 rings (SSSR count). The first-order valence-electron chi connectivity index (χ1n) is 10.3. The van der Waals surface area contributed by atoms with Crippen molar-refractivity contribution < 1.29 is 27.9 Å². The van der Waals surface area contributed by atoms with Crippen LogP contribution in [0.25, 0.3) is 0 Å². The Morgan fingerprint density at radius 2 is 1.78 bits per heavy atom. The predicted molar refractivity (Wildman–Crippen MR) is 111 cm³/mol. The van der Waals surface area contributed by atoms with E-state index in [1.807, 2.05) is 48.1 Å². The number of likely N-dealkylation sites (tertiary alicyclic amines) is 2. The molecule has 10 heteroatoms. The molecule has 7 nitrogen and oxygen atoms in total. The summed E-state index contributed by atoms with van der Waals surface area (Å²) in [5, 5.41) is 11.4. The molecule has 174 valence electrons. The number of carboxylic acid groups (broad SMARTS) is 1. The van der Waals surface area contributed by atoms with Gasteiger partial charge in [-0.15, -0.1) is 0 Å². The molecule has 3 heterocycles. The number of carboxylic acids is 1. The SMILES string of the molecule is CN1C(=O)C(c2ccccc2)CC12CCN(Cc1cnn(C)c1)CC2.O=C(O)C(F)(F)F. The molecule has 2 fully saturated rings. The topological polar surface area (TPSA) is 78.7 Å². The summed E-state index contributed by atoms with van der Waals surface area (Å²) >= 11 is 0. The van der Waals surface area contributed by atoms with E-state index in [1.165, 1.54) is 5.56 Å². The molecule has 2 aliphatic heterocycles. The van der Waals surface area contributed by atoms with Gasteiger partial charge in [-0.1, -0.05) is 30.3 Å². The van der Waals surface area contributed by atoms with Crippen LogP contribution in [0.1, 0.15) is 36.3 Å². The van der Waals surface area contributed by atoms with Crippen molar-refractivity contribution >= 4 is 11.9 Å². The maximum Gasteiger partial charge on any atom is 0.490 e. The number of carbonyl (C=O) groups excluding carboxylic acids is 1. The molecule has 1 aromatic heterocycles. The van der Waals surface area contributed by atoms with Crippen LogP contribution in [-0.4, -0.2) is 68.4 Å². The van der Waals surface area contributed by atoms with Gasteiger partial charge in [0, 0.05) is 51.0 Å². The number of hydrogen-bond acceptors (Lipinski definition) is 4. The minimum Gasteiger partial charge on any atom is -0.475 e. The summed E-state index contributed by atoms with van der Waals surface area (Å²) in [5.41, 5.74) is 2.45. The number of amides is 1. The summed E-state index contributed by atoms with van der Waals surface area (Å²) in [5.74, 6) is -2.45.